The first-order valence-corrected chi connectivity index (χ1v) is 9.06. The monoisotopic (exact) mass is 357 g/mol. The summed E-state index contributed by atoms with van der Waals surface area (Å²) in [6, 6.07) is 11.7. The number of methoxy groups -OCH3 is 1. The molecular formula is C21H24FNO3. The summed E-state index contributed by atoms with van der Waals surface area (Å²) < 4.78 is 18.3. The Morgan fingerprint density at radius 1 is 1.19 bits per heavy atom. The van der Waals surface area contributed by atoms with Gasteiger partial charge in [-0.15, -0.1) is 0 Å². The molecule has 0 amide bonds. The Kier molecular flexibility index (Phi) is 4.37. The van der Waals surface area contributed by atoms with Crippen molar-refractivity contribution in [3.8, 4) is 11.5 Å². The number of aliphatic hydroxyl groups is 1. The van der Waals surface area contributed by atoms with Gasteiger partial charge in [-0.3, -0.25) is 4.90 Å². The van der Waals surface area contributed by atoms with Crippen LogP contribution < -0.4 is 4.74 Å². The normalized spacial score (nSPS) is 28.3. The Bertz CT molecular complexity index is 794. The van der Waals surface area contributed by atoms with Crippen molar-refractivity contribution < 1.29 is 19.3 Å². The van der Waals surface area contributed by atoms with E-state index >= 15 is 0 Å². The van der Waals surface area contributed by atoms with Crippen LogP contribution in [0.2, 0.25) is 0 Å². The van der Waals surface area contributed by atoms with E-state index in [0.717, 1.165) is 43.6 Å². The maximum Gasteiger partial charge on any atom is 0.160 e. The number of rotatable bonds is 4. The van der Waals surface area contributed by atoms with Crippen LogP contribution in [0.3, 0.4) is 0 Å². The molecule has 1 heterocycles. The molecule has 138 valence electrons. The molecule has 0 bridgehead atoms. The van der Waals surface area contributed by atoms with Crippen LogP contribution in [0.1, 0.15) is 24.0 Å². The number of likely N-dealkylation sites (tertiary alicyclic amines) is 1. The van der Waals surface area contributed by atoms with Gasteiger partial charge in [-0.1, -0.05) is 18.2 Å². The third-order valence-electron chi connectivity index (χ3n) is 6.02. The minimum atomic E-state index is -0.880. The number of halogens is 1. The summed E-state index contributed by atoms with van der Waals surface area (Å²) in [5, 5.41) is 21.3. The summed E-state index contributed by atoms with van der Waals surface area (Å²) in [4.78, 5) is 2.32. The lowest BCUT2D eigenvalue weighted by Crippen LogP contribution is -2.34. The number of phenols is 1. The van der Waals surface area contributed by atoms with Crippen LogP contribution in [0.25, 0.3) is 0 Å². The van der Waals surface area contributed by atoms with Gasteiger partial charge in [0.05, 0.1) is 12.7 Å². The van der Waals surface area contributed by atoms with Gasteiger partial charge in [-0.25, -0.2) is 4.39 Å². The van der Waals surface area contributed by atoms with E-state index in [1.807, 2.05) is 6.07 Å². The first-order valence-electron chi connectivity index (χ1n) is 9.06. The van der Waals surface area contributed by atoms with Gasteiger partial charge in [-0.05, 0) is 54.2 Å². The molecule has 0 radical (unpaired) electrons. The molecule has 2 aliphatic rings. The van der Waals surface area contributed by atoms with Crippen molar-refractivity contribution in [2.75, 3.05) is 20.2 Å². The lowest BCUT2D eigenvalue weighted by Gasteiger charge is -2.31. The van der Waals surface area contributed by atoms with Crippen LogP contribution in [0.5, 0.6) is 11.5 Å². The van der Waals surface area contributed by atoms with Gasteiger partial charge < -0.3 is 14.9 Å². The Hall–Kier alpha value is -2.11. The summed E-state index contributed by atoms with van der Waals surface area (Å²) >= 11 is 0. The van der Waals surface area contributed by atoms with Crippen LogP contribution in [0.15, 0.2) is 42.5 Å². The summed E-state index contributed by atoms with van der Waals surface area (Å²) in [5.41, 5.74) is 0.957. The van der Waals surface area contributed by atoms with Crippen molar-refractivity contribution in [2.45, 2.75) is 25.0 Å². The highest BCUT2D eigenvalue weighted by Gasteiger charge is 2.52. The van der Waals surface area contributed by atoms with E-state index in [0.29, 0.717) is 11.7 Å². The van der Waals surface area contributed by atoms with Crippen LogP contribution in [-0.2, 0) is 12.1 Å². The van der Waals surface area contributed by atoms with Crippen molar-refractivity contribution in [3.63, 3.8) is 0 Å². The molecule has 0 unspecified atom stereocenters. The second kappa shape index (κ2) is 6.56. The van der Waals surface area contributed by atoms with Gasteiger partial charge >= 0.3 is 0 Å². The SMILES string of the molecule is COc1ccc(CN2C[C@@H]3CC[C@@](O)(c4ccc(F)cc4)[C@H]3C2)cc1O. The molecule has 26 heavy (non-hydrogen) atoms. The predicted molar refractivity (Wildman–Crippen MR) is 96.4 cm³/mol. The fourth-order valence-corrected chi connectivity index (χ4v) is 4.70. The topological polar surface area (TPSA) is 52.9 Å². The number of aromatic hydroxyl groups is 1. The third-order valence-corrected chi connectivity index (χ3v) is 6.02. The van der Waals surface area contributed by atoms with E-state index in [1.54, 1.807) is 24.3 Å². The maximum absolute atomic E-state index is 13.2. The molecule has 5 heteroatoms. The second-order valence-electron chi connectivity index (χ2n) is 7.54. The van der Waals surface area contributed by atoms with Crippen molar-refractivity contribution in [1.29, 1.82) is 0 Å². The average molecular weight is 357 g/mol. The second-order valence-corrected chi connectivity index (χ2v) is 7.54. The number of benzene rings is 2. The standard InChI is InChI=1S/C21H24FNO3/c1-26-20-7-2-14(10-19(20)24)11-23-12-15-8-9-21(25,18(15)13-23)16-3-5-17(22)6-4-16/h2-7,10,15,18,24-25H,8-9,11-13H2,1H3/t15-,18-,21+/m0/s1. The van der Waals surface area contributed by atoms with Gasteiger partial charge in [0.2, 0.25) is 0 Å². The van der Waals surface area contributed by atoms with Gasteiger partial charge in [0.15, 0.2) is 11.5 Å². The summed E-state index contributed by atoms with van der Waals surface area (Å²) in [5.74, 6) is 0.931. The molecule has 1 aliphatic carbocycles. The largest absolute Gasteiger partial charge is 0.504 e. The number of ether oxygens (including phenoxy) is 1. The summed E-state index contributed by atoms with van der Waals surface area (Å²) in [6.45, 7) is 2.45. The van der Waals surface area contributed by atoms with Crippen LogP contribution in [0.4, 0.5) is 4.39 Å². The third kappa shape index (κ3) is 2.95. The quantitative estimate of drug-likeness (QED) is 0.882. The molecule has 3 atom stereocenters. The smallest absolute Gasteiger partial charge is 0.160 e. The molecule has 0 spiro atoms. The Balaban J connectivity index is 1.49. The molecule has 0 aromatic heterocycles. The summed E-state index contributed by atoms with van der Waals surface area (Å²) in [6.07, 6.45) is 1.70. The van der Waals surface area contributed by atoms with Crippen molar-refractivity contribution in [3.05, 3.63) is 59.4 Å². The fraction of sp³-hybridized carbons (Fsp3) is 0.429. The van der Waals surface area contributed by atoms with E-state index in [2.05, 4.69) is 4.90 Å². The van der Waals surface area contributed by atoms with Crippen LogP contribution >= 0.6 is 0 Å². The van der Waals surface area contributed by atoms with Gasteiger partial charge in [0, 0.05) is 25.6 Å². The molecular weight excluding hydrogens is 333 g/mol. The highest BCUT2D eigenvalue weighted by Crippen LogP contribution is 2.50. The van der Waals surface area contributed by atoms with E-state index in [-0.39, 0.29) is 17.5 Å². The van der Waals surface area contributed by atoms with Crippen molar-refractivity contribution >= 4 is 0 Å². The summed E-state index contributed by atoms with van der Waals surface area (Å²) in [7, 11) is 1.53. The number of nitrogens with zero attached hydrogens (tertiary/aromatic N) is 1. The first-order chi connectivity index (χ1) is 12.5. The zero-order chi connectivity index (χ0) is 18.3. The average Bonchev–Trinajstić information content (AvgIpc) is 3.16. The molecule has 2 aromatic carbocycles. The Morgan fingerprint density at radius 3 is 2.65 bits per heavy atom. The number of phenolic OH excluding ortho intramolecular Hbond substituents is 1. The Labute approximate surface area is 152 Å². The van der Waals surface area contributed by atoms with E-state index in [1.165, 1.54) is 19.2 Å². The molecule has 2 N–H and O–H groups in total. The highest BCUT2D eigenvalue weighted by atomic mass is 19.1. The van der Waals surface area contributed by atoms with Crippen molar-refractivity contribution in [1.82, 2.24) is 4.90 Å². The molecule has 2 aromatic rings. The predicted octanol–water partition coefficient (Wildman–Crippen LogP) is 3.27. The van der Waals surface area contributed by atoms with Gasteiger partial charge in [0.25, 0.3) is 0 Å². The lowest BCUT2D eigenvalue weighted by atomic mass is 9.82. The van der Waals surface area contributed by atoms with Crippen molar-refractivity contribution in [2.24, 2.45) is 11.8 Å². The van der Waals surface area contributed by atoms with E-state index in [9.17, 15) is 14.6 Å². The van der Waals surface area contributed by atoms with Crippen LogP contribution in [0, 0.1) is 17.7 Å². The molecule has 4 nitrogen and oxygen atoms in total. The maximum atomic E-state index is 13.2. The highest BCUT2D eigenvalue weighted by molar-refractivity contribution is 5.41. The molecule has 1 saturated heterocycles. The van der Waals surface area contributed by atoms with Gasteiger partial charge in [-0.2, -0.15) is 0 Å². The first kappa shape index (κ1) is 17.3. The lowest BCUT2D eigenvalue weighted by molar-refractivity contribution is -0.00688. The fourth-order valence-electron chi connectivity index (χ4n) is 4.70. The van der Waals surface area contributed by atoms with Crippen LogP contribution in [-0.4, -0.2) is 35.3 Å². The zero-order valence-corrected chi connectivity index (χ0v) is 14.9. The minimum absolute atomic E-state index is 0.146. The number of hydrogen-bond acceptors (Lipinski definition) is 4. The Morgan fingerprint density at radius 2 is 1.96 bits per heavy atom. The van der Waals surface area contributed by atoms with E-state index in [4.69, 9.17) is 4.74 Å². The number of fused-ring (bicyclic) bond motifs is 1. The molecule has 1 saturated carbocycles. The zero-order valence-electron chi connectivity index (χ0n) is 14.9. The van der Waals surface area contributed by atoms with Gasteiger partial charge in [0.1, 0.15) is 5.82 Å². The molecule has 4 rings (SSSR count). The molecule has 1 aliphatic heterocycles. The van der Waals surface area contributed by atoms with E-state index < -0.39 is 5.60 Å². The molecule has 2 fully saturated rings. The number of hydrogen-bond donors (Lipinski definition) is 2. The minimum Gasteiger partial charge on any atom is -0.504 e.